The summed E-state index contributed by atoms with van der Waals surface area (Å²) in [6.07, 6.45) is 2.00. The molecule has 3 aliphatic rings. The molecule has 0 radical (unpaired) electrons. The molecule has 3 atom stereocenters. The largest absolute Gasteiger partial charge is 0.393 e. The van der Waals surface area contributed by atoms with Crippen molar-refractivity contribution in [3.8, 4) is 0 Å². The van der Waals surface area contributed by atoms with E-state index in [-0.39, 0.29) is 29.8 Å². The average Bonchev–Trinajstić information content (AvgIpc) is 2.98. The lowest BCUT2D eigenvalue weighted by atomic mass is 9.74. The van der Waals surface area contributed by atoms with Crippen LogP contribution in [-0.2, 0) is 4.79 Å². The lowest BCUT2D eigenvalue weighted by molar-refractivity contribution is -0.136. The van der Waals surface area contributed by atoms with Crippen molar-refractivity contribution in [1.82, 2.24) is 9.80 Å². The van der Waals surface area contributed by atoms with E-state index >= 15 is 0 Å². The highest BCUT2D eigenvalue weighted by molar-refractivity contribution is 6.33. The van der Waals surface area contributed by atoms with E-state index in [9.17, 15) is 14.7 Å². The maximum atomic E-state index is 12.7. The zero-order chi connectivity index (χ0) is 17.6. The van der Waals surface area contributed by atoms with Gasteiger partial charge < -0.3 is 14.9 Å². The van der Waals surface area contributed by atoms with Crippen molar-refractivity contribution in [3.05, 3.63) is 34.9 Å². The lowest BCUT2D eigenvalue weighted by Crippen LogP contribution is -2.44. The maximum absolute atomic E-state index is 12.7. The Hall–Kier alpha value is -1.59. The van der Waals surface area contributed by atoms with Crippen LogP contribution in [0.25, 0.3) is 0 Å². The first-order valence-electron chi connectivity index (χ1n) is 9.05. The standard InChI is InChI=1S/C19H23ClN2O3/c20-16-4-2-1-3-14(16)19(25)21-7-5-12(6-8-21)18(24)22-10-13-9-17(23)15(13)11-22/h1-4,12-13,15,17,23H,5-11H2/t13-,15+,17-/m1/s1. The number of nitrogens with zero attached hydrogens (tertiary/aromatic N) is 2. The van der Waals surface area contributed by atoms with Crippen LogP contribution in [0.3, 0.4) is 0 Å². The molecule has 0 bridgehead atoms. The van der Waals surface area contributed by atoms with E-state index in [1.54, 1.807) is 17.0 Å². The third-order valence-electron chi connectivity index (χ3n) is 6.08. The number of piperidine rings is 1. The van der Waals surface area contributed by atoms with E-state index in [1.165, 1.54) is 0 Å². The van der Waals surface area contributed by atoms with Gasteiger partial charge >= 0.3 is 0 Å². The fourth-order valence-corrected chi connectivity index (χ4v) is 4.66. The zero-order valence-electron chi connectivity index (χ0n) is 14.1. The van der Waals surface area contributed by atoms with Crippen LogP contribution in [0.1, 0.15) is 29.6 Å². The second-order valence-corrected chi connectivity index (χ2v) is 7.92. The monoisotopic (exact) mass is 362 g/mol. The quantitative estimate of drug-likeness (QED) is 0.875. The van der Waals surface area contributed by atoms with Gasteiger partial charge in [-0.05, 0) is 37.3 Å². The molecule has 1 aromatic rings. The predicted octanol–water partition coefficient (Wildman–Crippen LogP) is 2.03. The minimum absolute atomic E-state index is 0.00932. The minimum Gasteiger partial charge on any atom is -0.393 e. The number of halogens is 1. The van der Waals surface area contributed by atoms with Crippen LogP contribution >= 0.6 is 11.6 Å². The van der Waals surface area contributed by atoms with Gasteiger partial charge in [0.2, 0.25) is 5.91 Å². The molecule has 3 fully saturated rings. The number of rotatable bonds is 2. The van der Waals surface area contributed by atoms with Crippen molar-refractivity contribution < 1.29 is 14.7 Å². The normalized spacial score (nSPS) is 29.3. The molecule has 2 saturated heterocycles. The summed E-state index contributed by atoms with van der Waals surface area (Å²) in [5, 5.41) is 10.2. The summed E-state index contributed by atoms with van der Waals surface area (Å²) in [6.45, 7) is 2.66. The molecule has 6 heteroatoms. The molecule has 0 spiro atoms. The van der Waals surface area contributed by atoms with Gasteiger partial charge in [-0.25, -0.2) is 0 Å². The van der Waals surface area contributed by atoms with Gasteiger partial charge in [-0.15, -0.1) is 0 Å². The molecular weight excluding hydrogens is 340 g/mol. The number of aliphatic hydroxyl groups is 1. The predicted molar refractivity (Wildman–Crippen MR) is 94.3 cm³/mol. The molecule has 2 amide bonds. The van der Waals surface area contributed by atoms with Crippen molar-refractivity contribution in [3.63, 3.8) is 0 Å². The van der Waals surface area contributed by atoms with Crippen molar-refractivity contribution in [2.24, 2.45) is 17.8 Å². The van der Waals surface area contributed by atoms with Crippen LogP contribution in [0.15, 0.2) is 24.3 Å². The summed E-state index contributed by atoms with van der Waals surface area (Å²) < 4.78 is 0. The number of hydrogen-bond donors (Lipinski definition) is 1. The second kappa shape index (κ2) is 6.61. The molecule has 1 aliphatic carbocycles. The van der Waals surface area contributed by atoms with Crippen LogP contribution < -0.4 is 0 Å². The summed E-state index contributed by atoms with van der Waals surface area (Å²) in [5.41, 5.74) is 0.527. The third-order valence-corrected chi connectivity index (χ3v) is 6.41. The summed E-state index contributed by atoms with van der Waals surface area (Å²) in [7, 11) is 0. The molecule has 0 aromatic heterocycles. The molecule has 25 heavy (non-hydrogen) atoms. The van der Waals surface area contributed by atoms with Crippen LogP contribution in [0, 0.1) is 17.8 Å². The number of fused-ring (bicyclic) bond motifs is 1. The van der Waals surface area contributed by atoms with Gasteiger partial charge in [0.1, 0.15) is 0 Å². The molecule has 2 heterocycles. The number of carbonyl (C=O) groups is 2. The third kappa shape index (κ3) is 3.04. The molecule has 2 aliphatic heterocycles. The number of hydrogen-bond acceptors (Lipinski definition) is 3. The topological polar surface area (TPSA) is 60.9 Å². The molecule has 5 nitrogen and oxygen atoms in total. The van der Waals surface area contributed by atoms with E-state index in [1.807, 2.05) is 17.0 Å². The fourth-order valence-electron chi connectivity index (χ4n) is 4.44. The van der Waals surface area contributed by atoms with Crippen LogP contribution in [0.5, 0.6) is 0 Å². The Morgan fingerprint density at radius 3 is 2.44 bits per heavy atom. The first kappa shape index (κ1) is 16.9. The highest BCUT2D eigenvalue weighted by Gasteiger charge is 2.48. The summed E-state index contributed by atoms with van der Waals surface area (Å²) in [5.74, 6) is 0.905. The van der Waals surface area contributed by atoms with Crippen LogP contribution in [0.2, 0.25) is 5.02 Å². The average molecular weight is 363 g/mol. The SMILES string of the molecule is O=C(c1ccccc1Cl)N1CCC(C(=O)N2C[C@H]3C[C@@H](O)[C@H]3C2)CC1. The zero-order valence-corrected chi connectivity index (χ0v) is 14.9. The van der Waals surface area contributed by atoms with E-state index in [0.29, 0.717) is 49.0 Å². The number of benzene rings is 1. The molecular formula is C19H23ClN2O3. The van der Waals surface area contributed by atoms with Crippen molar-refractivity contribution in [2.45, 2.75) is 25.4 Å². The van der Waals surface area contributed by atoms with Gasteiger partial charge in [0, 0.05) is 38.0 Å². The number of amides is 2. The Kier molecular flexibility index (Phi) is 4.46. The Balaban J connectivity index is 1.33. The Labute approximate surface area is 152 Å². The van der Waals surface area contributed by atoms with Gasteiger partial charge in [-0.3, -0.25) is 9.59 Å². The van der Waals surface area contributed by atoms with Crippen molar-refractivity contribution in [2.75, 3.05) is 26.2 Å². The van der Waals surface area contributed by atoms with Crippen molar-refractivity contribution >= 4 is 23.4 Å². The molecule has 1 saturated carbocycles. The summed E-state index contributed by atoms with van der Waals surface area (Å²) >= 11 is 6.12. The summed E-state index contributed by atoms with van der Waals surface area (Å²) in [6, 6.07) is 7.09. The second-order valence-electron chi connectivity index (χ2n) is 7.52. The first-order chi connectivity index (χ1) is 12.0. The minimum atomic E-state index is -0.224. The number of aliphatic hydroxyl groups excluding tert-OH is 1. The fraction of sp³-hybridized carbons (Fsp3) is 0.579. The molecule has 1 N–H and O–H groups in total. The summed E-state index contributed by atoms with van der Waals surface area (Å²) in [4.78, 5) is 29.1. The van der Waals surface area contributed by atoms with E-state index in [0.717, 1.165) is 13.0 Å². The highest BCUT2D eigenvalue weighted by atomic mass is 35.5. The lowest BCUT2D eigenvalue weighted by Gasteiger charge is -2.34. The van der Waals surface area contributed by atoms with Crippen LogP contribution in [-0.4, -0.2) is 59.0 Å². The highest BCUT2D eigenvalue weighted by Crippen LogP contribution is 2.41. The Bertz CT molecular complexity index is 687. The molecule has 4 rings (SSSR count). The van der Waals surface area contributed by atoms with Crippen LogP contribution in [0.4, 0.5) is 0 Å². The van der Waals surface area contributed by atoms with E-state index in [2.05, 4.69) is 0 Å². The maximum Gasteiger partial charge on any atom is 0.255 e. The van der Waals surface area contributed by atoms with Gasteiger partial charge in [0.15, 0.2) is 0 Å². The van der Waals surface area contributed by atoms with Gasteiger partial charge in [-0.1, -0.05) is 23.7 Å². The molecule has 134 valence electrons. The van der Waals surface area contributed by atoms with E-state index < -0.39 is 0 Å². The van der Waals surface area contributed by atoms with Crippen molar-refractivity contribution in [1.29, 1.82) is 0 Å². The molecule has 0 unspecified atom stereocenters. The van der Waals surface area contributed by atoms with E-state index in [4.69, 9.17) is 11.6 Å². The van der Waals surface area contributed by atoms with Gasteiger partial charge in [-0.2, -0.15) is 0 Å². The van der Waals surface area contributed by atoms with Gasteiger partial charge in [0.05, 0.1) is 16.7 Å². The number of carbonyl (C=O) groups excluding carboxylic acids is 2. The number of likely N-dealkylation sites (tertiary alicyclic amines) is 2. The first-order valence-corrected chi connectivity index (χ1v) is 9.43. The smallest absolute Gasteiger partial charge is 0.255 e. The van der Waals surface area contributed by atoms with Gasteiger partial charge in [0.25, 0.3) is 5.91 Å². The molecule has 1 aromatic carbocycles. The Morgan fingerprint density at radius 2 is 1.80 bits per heavy atom. The Morgan fingerprint density at radius 1 is 1.08 bits per heavy atom.